The molecule has 6 heteroatoms. The van der Waals surface area contributed by atoms with Crippen molar-refractivity contribution in [2.45, 2.75) is 97.1 Å². The Morgan fingerprint density at radius 1 is 1.06 bits per heavy atom. The van der Waals surface area contributed by atoms with E-state index in [1.807, 2.05) is 30.3 Å². The molecule has 0 bridgehead atoms. The van der Waals surface area contributed by atoms with Crippen molar-refractivity contribution in [1.29, 1.82) is 0 Å². The van der Waals surface area contributed by atoms with Gasteiger partial charge in [-0.05, 0) is 60.8 Å². The van der Waals surface area contributed by atoms with E-state index in [4.69, 9.17) is 14.2 Å². The maximum absolute atomic E-state index is 14.4. The van der Waals surface area contributed by atoms with Gasteiger partial charge in [0.25, 0.3) is 0 Å². The zero-order chi connectivity index (χ0) is 26.4. The molecule has 36 heavy (non-hydrogen) atoms. The van der Waals surface area contributed by atoms with Crippen molar-refractivity contribution in [1.82, 2.24) is 0 Å². The summed E-state index contributed by atoms with van der Waals surface area (Å²) in [6.07, 6.45) is 5.96. The Morgan fingerprint density at radius 3 is 2.39 bits per heavy atom. The third-order valence-electron chi connectivity index (χ3n) is 9.40. The number of aliphatic hydroxyl groups excluding tert-OH is 1. The molecule has 200 valence electrons. The van der Waals surface area contributed by atoms with Crippen LogP contribution in [0, 0.1) is 22.2 Å². The standard InChI is InChI=1S/C30H46O5Si/c1-28(2)23-19-24(31)30(15-8-9-26(30)34-17-18-36(5,6)7)27(32)29(23,3)16-14-25(28)35-20-21-10-12-22(33-4)13-11-21/h8,10-13,15,23-26,31H,9,14,16-20H2,1-7H3/t23-,24-,25+,26-,29-,30-/m1/s1. The molecule has 0 amide bonds. The largest absolute Gasteiger partial charge is 0.497 e. The molecule has 2 fully saturated rings. The predicted molar refractivity (Wildman–Crippen MR) is 146 cm³/mol. The van der Waals surface area contributed by atoms with E-state index in [0.29, 0.717) is 26.1 Å². The molecule has 5 nitrogen and oxygen atoms in total. The van der Waals surface area contributed by atoms with Crippen LogP contribution in [0.4, 0.5) is 0 Å². The first-order valence-corrected chi connectivity index (χ1v) is 17.3. The van der Waals surface area contributed by atoms with Gasteiger partial charge in [-0.15, -0.1) is 0 Å². The lowest BCUT2D eigenvalue weighted by atomic mass is 9.45. The number of Topliss-reactive ketones (excluding diaryl/α,β-unsaturated/α-hetero) is 1. The van der Waals surface area contributed by atoms with E-state index >= 15 is 0 Å². The Bertz CT molecular complexity index is 965. The van der Waals surface area contributed by atoms with Gasteiger partial charge in [-0.25, -0.2) is 0 Å². The molecular formula is C30H46O5Si. The van der Waals surface area contributed by atoms with Crippen molar-refractivity contribution >= 4 is 13.9 Å². The van der Waals surface area contributed by atoms with Crippen LogP contribution in [0.2, 0.25) is 25.7 Å². The second kappa shape index (κ2) is 10.0. The fourth-order valence-electron chi connectivity index (χ4n) is 7.09. The summed E-state index contributed by atoms with van der Waals surface area (Å²) in [4.78, 5) is 14.4. The van der Waals surface area contributed by atoms with Crippen molar-refractivity contribution in [2.75, 3.05) is 13.7 Å². The second-order valence-electron chi connectivity index (χ2n) is 13.3. The lowest BCUT2D eigenvalue weighted by Crippen LogP contribution is -2.66. The van der Waals surface area contributed by atoms with Crippen LogP contribution in [0.5, 0.6) is 5.75 Å². The molecule has 0 aromatic heterocycles. The molecule has 0 radical (unpaired) electrons. The average Bonchev–Trinajstić information content (AvgIpc) is 3.23. The first-order valence-electron chi connectivity index (χ1n) is 13.6. The summed E-state index contributed by atoms with van der Waals surface area (Å²) in [6, 6.07) is 9.03. The van der Waals surface area contributed by atoms with E-state index in [1.165, 1.54) is 0 Å². The number of ether oxygens (including phenoxy) is 3. The van der Waals surface area contributed by atoms with E-state index in [0.717, 1.165) is 30.2 Å². The zero-order valence-electron chi connectivity index (χ0n) is 23.3. The fourth-order valence-corrected chi connectivity index (χ4v) is 7.82. The molecule has 3 aliphatic carbocycles. The molecule has 1 aromatic rings. The minimum Gasteiger partial charge on any atom is -0.497 e. The van der Waals surface area contributed by atoms with Crippen LogP contribution in [-0.4, -0.2) is 51.0 Å². The highest BCUT2D eigenvalue weighted by atomic mass is 28.3. The molecule has 0 saturated heterocycles. The number of rotatable bonds is 8. The third kappa shape index (κ3) is 4.86. The number of benzene rings is 1. The summed E-state index contributed by atoms with van der Waals surface area (Å²) in [7, 11) is 0.423. The van der Waals surface area contributed by atoms with Crippen LogP contribution in [0.15, 0.2) is 36.4 Å². The van der Waals surface area contributed by atoms with Crippen LogP contribution in [0.1, 0.15) is 52.0 Å². The first kappa shape index (κ1) is 27.6. The number of ketones is 1. The van der Waals surface area contributed by atoms with Gasteiger partial charge in [0, 0.05) is 20.1 Å². The van der Waals surface area contributed by atoms with Gasteiger partial charge in [0.05, 0.1) is 37.4 Å². The molecular weight excluding hydrogens is 468 g/mol. The number of hydrogen-bond acceptors (Lipinski definition) is 5. The van der Waals surface area contributed by atoms with Crippen LogP contribution in [-0.2, 0) is 20.9 Å². The van der Waals surface area contributed by atoms with Crippen molar-refractivity contribution in [3.63, 3.8) is 0 Å². The molecule has 0 heterocycles. The van der Waals surface area contributed by atoms with Crippen molar-refractivity contribution in [2.24, 2.45) is 22.2 Å². The summed E-state index contributed by atoms with van der Waals surface area (Å²) < 4.78 is 18.1. The minimum atomic E-state index is -1.24. The number of carbonyl (C=O) groups excluding carboxylic acids is 1. The number of fused-ring (bicyclic) bond motifs is 1. The highest BCUT2D eigenvalue weighted by Gasteiger charge is 2.67. The fraction of sp³-hybridized carbons (Fsp3) is 0.700. The van der Waals surface area contributed by atoms with Gasteiger partial charge in [0.1, 0.15) is 5.75 Å². The minimum absolute atomic E-state index is 0.0228. The van der Waals surface area contributed by atoms with Crippen molar-refractivity contribution in [3.05, 3.63) is 42.0 Å². The smallest absolute Gasteiger partial charge is 0.154 e. The Kier molecular flexibility index (Phi) is 7.66. The summed E-state index contributed by atoms with van der Waals surface area (Å²) in [6.45, 7) is 14.8. The lowest BCUT2D eigenvalue weighted by Gasteiger charge is -2.60. The van der Waals surface area contributed by atoms with Crippen molar-refractivity contribution in [3.8, 4) is 5.75 Å². The van der Waals surface area contributed by atoms with E-state index in [2.05, 4.69) is 46.5 Å². The number of methoxy groups -OCH3 is 1. The first-order chi connectivity index (χ1) is 16.8. The maximum atomic E-state index is 14.4. The molecule has 1 aromatic carbocycles. The van der Waals surface area contributed by atoms with E-state index in [9.17, 15) is 9.90 Å². The summed E-state index contributed by atoms with van der Waals surface area (Å²) >= 11 is 0. The van der Waals surface area contributed by atoms with Gasteiger partial charge < -0.3 is 19.3 Å². The third-order valence-corrected chi connectivity index (χ3v) is 11.1. The van der Waals surface area contributed by atoms with E-state index < -0.39 is 25.0 Å². The quantitative estimate of drug-likeness (QED) is 0.339. The monoisotopic (exact) mass is 514 g/mol. The zero-order valence-corrected chi connectivity index (χ0v) is 24.3. The summed E-state index contributed by atoms with van der Waals surface area (Å²) in [5.74, 6) is 1.05. The molecule has 1 N–H and O–H groups in total. The highest BCUT2D eigenvalue weighted by Crippen LogP contribution is 2.62. The normalized spacial score (nSPS) is 35.7. The van der Waals surface area contributed by atoms with Gasteiger partial charge in [-0.3, -0.25) is 4.79 Å². The van der Waals surface area contributed by atoms with E-state index in [1.54, 1.807) is 7.11 Å². The molecule has 3 aliphatic rings. The number of hydrogen-bond donors (Lipinski definition) is 1. The molecule has 4 rings (SSSR count). The summed E-state index contributed by atoms with van der Waals surface area (Å²) in [5.41, 5.74) is -0.558. The number of aliphatic hydroxyl groups is 1. The Hall–Kier alpha value is -1.47. The molecule has 0 unspecified atom stereocenters. The van der Waals surface area contributed by atoms with Gasteiger partial charge in [0.15, 0.2) is 5.78 Å². The van der Waals surface area contributed by atoms with Gasteiger partial charge in [-0.1, -0.05) is 64.7 Å². The Balaban J connectivity index is 1.50. The lowest BCUT2D eigenvalue weighted by molar-refractivity contribution is -0.199. The van der Waals surface area contributed by atoms with Gasteiger partial charge in [0.2, 0.25) is 0 Å². The Morgan fingerprint density at radius 2 is 1.75 bits per heavy atom. The molecule has 0 aliphatic heterocycles. The van der Waals surface area contributed by atoms with Gasteiger partial charge in [-0.2, -0.15) is 0 Å². The molecule has 1 spiro atoms. The summed E-state index contributed by atoms with van der Waals surface area (Å²) in [5, 5.41) is 11.6. The van der Waals surface area contributed by atoms with E-state index in [-0.39, 0.29) is 29.3 Å². The van der Waals surface area contributed by atoms with Gasteiger partial charge >= 0.3 is 0 Å². The Labute approximate surface area is 218 Å². The predicted octanol–water partition coefficient (Wildman–Crippen LogP) is 6.03. The second-order valence-corrected chi connectivity index (χ2v) is 18.9. The molecule has 6 atom stereocenters. The topological polar surface area (TPSA) is 65.0 Å². The van der Waals surface area contributed by atoms with Crippen LogP contribution in [0.25, 0.3) is 0 Å². The molecule has 2 saturated carbocycles. The number of carbonyl (C=O) groups is 1. The average molecular weight is 515 g/mol. The van der Waals surface area contributed by atoms with Crippen LogP contribution < -0.4 is 4.74 Å². The van der Waals surface area contributed by atoms with Crippen LogP contribution in [0.3, 0.4) is 0 Å². The van der Waals surface area contributed by atoms with Crippen LogP contribution >= 0.6 is 0 Å². The van der Waals surface area contributed by atoms with Crippen molar-refractivity contribution < 1.29 is 24.1 Å². The highest BCUT2D eigenvalue weighted by molar-refractivity contribution is 6.76. The SMILES string of the molecule is COc1ccc(CO[C@H]2CC[C@@]3(C)C(=O)[C@]4(C=CC[C@H]4OCC[Si](C)(C)C)[C@H](O)C[C@@H]3C2(C)C)cc1. The maximum Gasteiger partial charge on any atom is 0.154 e.